The lowest BCUT2D eigenvalue weighted by molar-refractivity contribution is -0.143. The number of carbonyl (C=O) groups is 2. The molecular weight excluding hydrogens is 328 g/mol. The maximum absolute atomic E-state index is 13.4. The topological polar surface area (TPSA) is 46.6 Å². The number of rotatable bonds is 7. The van der Waals surface area contributed by atoms with Gasteiger partial charge in [0, 0.05) is 18.7 Å². The van der Waals surface area contributed by atoms with Crippen LogP contribution in [0.4, 0.5) is 8.78 Å². The Hall–Kier alpha value is -2.76. The summed E-state index contributed by atoms with van der Waals surface area (Å²) in [6, 6.07) is 11.1. The number of benzene rings is 2. The molecule has 25 heavy (non-hydrogen) atoms. The number of halogens is 2. The number of nitrogens with zero attached hydrogens (tertiary/aromatic N) is 1. The Morgan fingerprint density at radius 2 is 1.76 bits per heavy atom. The highest BCUT2D eigenvalue weighted by atomic mass is 19.1. The Labute approximate surface area is 145 Å². The van der Waals surface area contributed by atoms with E-state index in [2.05, 4.69) is 0 Å². The first kappa shape index (κ1) is 18.6. The molecule has 0 bridgehead atoms. The van der Waals surface area contributed by atoms with Crippen molar-refractivity contribution in [1.82, 2.24) is 4.90 Å². The highest BCUT2D eigenvalue weighted by Gasteiger charge is 2.18. The molecule has 132 valence electrons. The molecular formula is C19H19F2NO3. The third kappa shape index (κ3) is 5.67. The Morgan fingerprint density at radius 3 is 2.40 bits per heavy atom. The second-order valence-electron chi connectivity index (χ2n) is 5.42. The highest BCUT2D eigenvalue weighted by Crippen LogP contribution is 2.13. The van der Waals surface area contributed by atoms with E-state index in [0.29, 0.717) is 5.56 Å². The average molecular weight is 347 g/mol. The van der Waals surface area contributed by atoms with Crippen LogP contribution >= 0.6 is 0 Å². The molecule has 0 saturated heterocycles. The van der Waals surface area contributed by atoms with Gasteiger partial charge in [-0.25, -0.2) is 8.78 Å². The van der Waals surface area contributed by atoms with Gasteiger partial charge in [0.05, 0.1) is 13.0 Å². The van der Waals surface area contributed by atoms with E-state index in [1.165, 1.54) is 35.2 Å². The highest BCUT2D eigenvalue weighted by molar-refractivity contribution is 5.94. The standard InChI is InChI=1S/C19H19F2NO3/c1-2-25-18(23)10-11-22(13-14-6-8-16(20)9-7-14)19(24)15-4-3-5-17(21)12-15/h3-9,12H,2,10-11,13H2,1H3. The summed E-state index contributed by atoms with van der Waals surface area (Å²) in [5.41, 5.74) is 0.890. The fraction of sp³-hybridized carbons (Fsp3) is 0.263. The minimum absolute atomic E-state index is 0.0239. The van der Waals surface area contributed by atoms with Crippen LogP contribution in [0, 0.1) is 11.6 Å². The lowest BCUT2D eigenvalue weighted by Gasteiger charge is -2.22. The largest absolute Gasteiger partial charge is 0.466 e. The molecule has 0 saturated carbocycles. The van der Waals surface area contributed by atoms with Crippen molar-refractivity contribution in [2.75, 3.05) is 13.2 Å². The van der Waals surface area contributed by atoms with Gasteiger partial charge in [0.15, 0.2) is 0 Å². The second kappa shape index (κ2) is 8.92. The molecule has 0 heterocycles. The molecule has 0 radical (unpaired) electrons. The summed E-state index contributed by atoms with van der Waals surface area (Å²) < 4.78 is 31.3. The number of esters is 1. The molecule has 6 heteroatoms. The maximum atomic E-state index is 13.4. The molecule has 0 spiro atoms. The number of amides is 1. The van der Waals surface area contributed by atoms with Crippen LogP contribution in [0.5, 0.6) is 0 Å². The zero-order chi connectivity index (χ0) is 18.2. The molecule has 0 aromatic heterocycles. The molecule has 0 aliphatic rings. The van der Waals surface area contributed by atoms with Crippen LogP contribution in [0.1, 0.15) is 29.3 Å². The van der Waals surface area contributed by atoms with Crippen LogP contribution in [0.15, 0.2) is 48.5 Å². The van der Waals surface area contributed by atoms with Crippen molar-refractivity contribution in [2.45, 2.75) is 19.9 Å². The Balaban J connectivity index is 2.16. The van der Waals surface area contributed by atoms with E-state index in [-0.39, 0.29) is 37.5 Å². The van der Waals surface area contributed by atoms with Crippen LogP contribution in [0.25, 0.3) is 0 Å². The van der Waals surface area contributed by atoms with Crippen LogP contribution in [0.2, 0.25) is 0 Å². The van der Waals surface area contributed by atoms with Gasteiger partial charge in [-0.3, -0.25) is 9.59 Å². The first-order valence-corrected chi connectivity index (χ1v) is 7.94. The predicted molar refractivity (Wildman–Crippen MR) is 88.8 cm³/mol. The predicted octanol–water partition coefficient (Wildman–Crippen LogP) is 3.56. The van der Waals surface area contributed by atoms with Crippen LogP contribution in [-0.4, -0.2) is 29.9 Å². The smallest absolute Gasteiger partial charge is 0.307 e. The van der Waals surface area contributed by atoms with Crippen LogP contribution in [-0.2, 0) is 16.1 Å². The summed E-state index contributed by atoms with van der Waals surface area (Å²) in [4.78, 5) is 25.7. The third-order valence-corrected chi connectivity index (χ3v) is 3.54. The lowest BCUT2D eigenvalue weighted by atomic mass is 10.1. The molecule has 2 rings (SSSR count). The van der Waals surface area contributed by atoms with Crippen molar-refractivity contribution < 1.29 is 23.1 Å². The zero-order valence-electron chi connectivity index (χ0n) is 13.9. The van der Waals surface area contributed by atoms with Crippen LogP contribution in [0.3, 0.4) is 0 Å². The van der Waals surface area contributed by atoms with E-state index in [9.17, 15) is 18.4 Å². The van der Waals surface area contributed by atoms with Gasteiger partial charge in [-0.2, -0.15) is 0 Å². The SMILES string of the molecule is CCOC(=O)CCN(Cc1ccc(F)cc1)C(=O)c1cccc(F)c1. The third-order valence-electron chi connectivity index (χ3n) is 3.54. The lowest BCUT2D eigenvalue weighted by Crippen LogP contribution is -2.33. The van der Waals surface area contributed by atoms with Gasteiger partial charge in [0.1, 0.15) is 11.6 Å². The molecule has 0 fully saturated rings. The Bertz CT molecular complexity index is 732. The van der Waals surface area contributed by atoms with Gasteiger partial charge in [0.25, 0.3) is 5.91 Å². The van der Waals surface area contributed by atoms with Crippen LogP contribution < -0.4 is 0 Å². The van der Waals surface area contributed by atoms with Crippen molar-refractivity contribution in [3.8, 4) is 0 Å². The summed E-state index contributed by atoms with van der Waals surface area (Å²) >= 11 is 0. The van der Waals surface area contributed by atoms with E-state index in [1.807, 2.05) is 0 Å². The maximum Gasteiger partial charge on any atom is 0.307 e. The minimum atomic E-state index is -0.516. The molecule has 2 aromatic rings. The van der Waals surface area contributed by atoms with Gasteiger partial charge in [-0.05, 0) is 42.8 Å². The quantitative estimate of drug-likeness (QED) is 0.720. The molecule has 0 N–H and O–H groups in total. The van der Waals surface area contributed by atoms with E-state index in [4.69, 9.17) is 4.74 Å². The fourth-order valence-corrected chi connectivity index (χ4v) is 2.33. The van der Waals surface area contributed by atoms with Gasteiger partial charge in [0.2, 0.25) is 0 Å². The summed E-state index contributed by atoms with van der Waals surface area (Å²) in [6.07, 6.45) is 0.0239. The molecule has 2 aromatic carbocycles. The fourth-order valence-electron chi connectivity index (χ4n) is 2.33. The van der Waals surface area contributed by atoms with Gasteiger partial charge >= 0.3 is 5.97 Å². The van der Waals surface area contributed by atoms with E-state index in [0.717, 1.165) is 6.07 Å². The zero-order valence-corrected chi connectivity index (χ0v) is 13.9. The number of hydrogen-bond donors (Lipinski definition) is 0. The molecule has 4 nitrogen and oxygen atoms in total. The monoisotopic (exact) mass is 347 g/mol. The van der Waals surface area contributed by atoms with Crippen molar-refractivity contribution >= 4 is 11.9 Å². The van der Waals surface area contributed by atoms with E-state index < -0.39 is 17.7 Å². The van der Waals surface area contributed by atoms with Gasteiger partial charge in [-0.1, -0.05) is 18.2 Å². The van der Waals surface area contributed by atoms with Crippen molar-refractivity contribution in [2.24, 2.45) is 0 Å². The molecule has 0 aliphatic heterocycles. The molecule has 0 unspecified atom stereocenters. The van der Waals surface area contributed by atoms with Crippen molar-refractivity contribution in [3.05, 3.63) is 71.3 Å². The van der Waals surface area contributed by atoms with E-state index in [1.54, 1.807) is 19.1 Å². The number of hydrogen-bond acceptors (Lipinski definition) is 3. The first-order chi connectivity index (χ1) is 12.0. The molecule has 0 aliphatic carbocycles. The summed E-state index contributed by atoms with van der Waals surface area (Å²) in [7, 11) is 0. The Morgan fingerprint density at radius 1 is 1.04 bits per heavy atom. The average Bonchev–Trinajstić information content (AvgIpc) is 2.60. The summed E-state index contributed by atoms with van der Waals surface area (Å²) in [5, 5.41) is 0. The second-order valence-corrected chi connectivity index (χ2v) is 5.42. The molecule has 1 amide bonds. The van der Waals surface area contributed by atoms with E-state index >= 15 is 0 Å². The number of carbonyl (C=O) groups excluding carboxylic acids is 2. The first-order valence-electron chi connectivity index (χ1n) is 7.94. The minimum Gasteiger partial charge on any atom is -0.466 e. The van der Waals surface area contributed by atoms with Crippen molar-refractivity contribution in [1.29, 1.82) is 0 Å². The van der Waals surface area contributed by atoms with Crippen molar-refractivity contribution in [3.63, 3.8) is 0 Å². The molecule has 0 atom stereocenters. The summed E-state index contributed by atoms with van der Waals surface area (Å²) in [5.74, 6) is -1.72. The summed E-state index contributed by atoms with van der Waals surface area (Å²) in [6.45, 7) is 2.25. The number of ether oxygens (including phenoxy) is 1. The Kier molecular flexibility index (Phi) is 6.62. The van der Waals surface area contributed by atoms with Gasteiger partial charge < -0.3 is 9.64 Å². The van der Waals surface area contributed by atoms with Gasteiger partial charge in [-0.15, -0.1) is 0 Å². The normalized spacial score (nSPS) is 10.4.